The van der Waals surface area contributed by atoms with Gasteiger partial charge in [0.15, 0.2) is 0 Å². The van der Waals surface area contributed by atoms with Gasteiger partial charge >= 0.3 is 5.97 Å². The smallest absolute Gasteiger partial charge is 0.339 e. The molecule has 8 heteroatoms. The van der Waals surface area contributed by atoms with E-state index in [1.807, 2.05) is 6.07 Å². The normalized spacial score (nSPS) is 15.7. The molecule has 0 unspecified atom stereocenters. The lowest BCUT2D eigenvalue weighted by atomic mass is 10.1. The maximum absolute atomic E-state index is 13.0. The molecule has 2 aromatic rings. The quantitative estimate of drug-likeness (QED) is 0.772. The molecular weight excluding hydrogens is 380 g/mol. The molecule has 0 aromatic heterocycles. The Balaban J connectivity index is 1.82. The summed E-state index contributed by atoms with van der Waals surface area (Å²) in [6.45, 7) is 1.28. The zero-order valence-corrected chi connectivity index (χ0v) is 16.1. The van der Waals surface area contributed by atoms with Gasteiger partial charge in [-0.2, -0.15) is 0 Å². The zero-order chi connectivity index (χ0) is 20.1. The summed E-state index contributed by atoms with van der Waals surface area (Å²) < 4.78 is 28.3. The Kier molecular flexibility index (Phi) is 6.11. The highest BCUT2D eigenvalue weighted by atomic mass is 32.2. The van der Waals surface area contributed by atoms with Crippen LogP contribution in [0, 0.1) is 0 Å². The van der Waals surface area contributed by atoms with Gasteiger partial charge in [0.1, 0.15) is 0 Å². The number of carbonyl (C=O) groups excluding carboxylic acids is 2. The van der Waals surface area contributed by atoms with Crippen LogP contribution in [0.1, 0.15) is 41.3 Å². The van der Waals surface area contributed by atoms with E-state index in [1.165, 1.54) is 24.3 Å². The average Bonchev–Trinajstić information content (AvgIpc) is 2.72. The average molecular weight is 402 g/mol. The molecule has 0 radical (unpaired) electrons. The summed E-state index contributed by atoms with van der Waals surface area (Å²) in [7, 11) is -3.85. The van der Waals surface area contributed by atoms with E-state index >= 15 is 0 Å². The van der Waals surface area contributed by atoms with Gasteiger partial charge < -0.3 is 9.64 Å². The fourth-order valence-corrected chi connectivity index (χ4v) is 3.64. The number of hydrogen-bond acceptors (Lipinski definition) is 5. The van der Waals surface area contributed by atoms with Gasteiger partial charge in [0.05, 0.1) is 10.5 Å². The second kappa shape index (κ2) is 8.53. The molecule has 148 valence electrons. The Morgan fingerprint density at radius 3 is 2.11 bits per heavy atom. The Hall–Kier alpha value is -2.71. The number of rotatable bonds is 5. The third-order valence-corrected chi connectivity index (χ3v) is 5.57. The minimum absolute atomic E-state index is 0.104. The van der Waals surface area contributed by atoms with Crippen molar-refractivity contribution in [2.45, 2.75) is 30.3 Å². The van der Waals surface area contributed by atoms with Crippen molar-refractivity contribution < 1.29 is 22.7 Å². The van der Waals surface area contributed by atoms with Crippen molar-refractivity contribution in [2.75, 3.05) is 13.1 Å². The molecular formula is C20H22N2O5S. The Morgan fingerprint density at radius 2 is 1.54 bits per heavy atom. The summed E-state index contributed by atoms with van der Waals surface area (Å²) in [5.41, 5.74) is 0.729. The standard InChI is InChI=1S/C20H22N2O5S/c21-28(25,26)17-11-9-16(10-12-17)20(24)27-18(15-7-3-1-4-8-15)19(23)22-13-5-2-6-14-22/h1,3-4,7-12,18H,2,5-6,13-14H2,(H2,21,25,26)/t18-/m0/s1. The largest absolute Gasteiger partial charge is 0.444 e. The van der Waals surface area contributed by atoms with E-state index in [-0.39, 0.29) is 16.4 Å². The first kappa shape index (κ1) is 20.0. The predicted octanol–water partition coefficient (Wildman–Crippen LogP) is 2.24. The van der Waals surface area contributed by atoms with Crippen molar-refractivity contribution in [1.82, 2.24) is 4.90 Å². The lowest BCUT2D eigenvalue weighted by Gasteiger charge is -2.30. The molecule has 2 N–H and O–H groups in total. The van der Waals surface area contributed by atoms with E-state index in [1.54, 1.807) is 29.2 Å². The fourth-order valence-electron chi connectivity index (χ4n) is 3.12. The van der Waals surface area contributed by atoms with Crippen LogP contribution in [0.5, 0.6) is 0 Å². The molecule has 0 saturated carbocycles. The van der Waals surface area contributed by atoms with Crippen LogP contribution in [0.15, 0.2) is 59.5 Å². The summed E-state index contributed by atoms with van der Waals surface area (Å²) in [6.07, 6.45) is 1.88. The van der Waals surface area contributed by atoms with Crippen molar-refractivity contribution in [3.8, 4) is 0 Å². The predicted molar refractivity (Wildman–Crippen MR) is 103 cm³/mol. The first-order valence-electron chi connectivity index (χ1n) is 9.04. The summed E-state index contributed by atoms with van der Waals surface area (Å²) in [6, 6.07) is 13.9. The highest BCUT2D eigenvalue weighted by Crippen LogP contribution is 2.24. The summed E-state index contributed by atoms with van der Waals surface area (Å²) in [5, 5.41) is 5.07. The molecule has 1 amide bonds. The van der Waals surface area contributed by atoms with Gasteiger partial charge in [0, 0.05) is 18.7 Å². The molecule has 0 aliphatic carbocycles. The van der Waals surface area contributed by atoms with E-state index in [9.17, 15) is 18.0 Å². The number of hydrogen-bond donors (Lipinski definition) is 1. The molecule has 28 heavy (non-hydrogen) atoms. The molecule has 3 rings (SSSR count). The maximum atomic E-state index is 13.0. The van der Waals surface area contributed by atoms with Gasteiger partial charge in [-0.15, -0.1) is 0 Å². The first-order valence-corrected chi connectivity index (χ1v) is 10.6. The number of ether oxygens (including phenoxy) is 1. The minimum atomic E-state index is -3.85. The maximum Gasteiger partial charge on any atom is 0.339 e. The molecule has 0 bridgehead atoms. The minimum Gasteiger partial charge on any atom is -0.444 e. The second-order valence-corrected chi connectivity index (χ2v) is 8.21. The number of nitrogens with zero attached hydrogens (tertiary/aromatic N) is 1. The van der Waals surface area contributed by atoms with Gasteiger partial charge in [-0.3, -0.25) is 4.79 Å². The van der Waals surface area contributed by atoms with Crippen LogP contribution in [0.2, 0.25) is 0 Å². The Labute approximate surface area is 164 Å². The number of likely N-dealkylation sites (tertiary alicyclic amines) is 1. The monoisotopic (exact) mass is 402 g/mol. The number of carbonyl (C=O) groups is 2. The van der Waals surface area contributed by atoms with Gasteiger partial charge in [-0.05, 0) is 43.5 Å². The second-order valence-electron chi connectivity index (χ2n) is 6.65. The molecule has 1 aliphatic heterocycles. The fraction of sp³-hybridized carbons (Fsp3) is 0.300. The molecule has 7 nitrogen and oxygen atoms in total. The van der Waals surface area contributed by atoms with E-state index in [4.69, 9.17) is 9.88 Å². The number of primary sulfonamides is 1. The van der Waals surface area contributed by atoms with Crippen molar-refractivity contribution >= 4 is 21.9 Å². The third kappa shape index (κ3) is 4.76. The lowest BCUT2D eigenvalue weighted by Crippen LogP contribution is -2.40. The molecule has 2 aromatic carbocycles. The molecule has 1 heterocycles. The number of esters is 1. The van der Waals surface area contributed by atoms with Crippen molar-refractivity contribution in [3.05, 3.63) is 65.7 Å². The van der Waals surface area contributed by atoms with Gasteiger partial charge in [0.2, 0.25) is 16.1 Å². The van der Waals surface area contributed by atoms with E-state index in [0.717, 1.165) is 19.3 Å². The number of piperidine rings is 1. The zero-order valence-electron chi connectivity index (χ0n) is 15.3. The molecule has 1 atom stereocenters. The SMILES string of the molecule is NS(=O)(=O)c1ccc(C(=O)O[C@H](C(=O)N2CCCCC2)c2ccccc2)cc1. The molecule has 0 spiro atoms. The van der Waals surface area contributed by atoms with Crippen LogP contribution < -0.4 is 5.14 Å². The Morgan fingerprint density at radius 1 is 0.929 bits per heavy atom. The van der Waals surface area contributed by atoms with Crippen LogP contribution in [0.3, 0.4) is 0 Å². The van der Waals surface area contributed by atoms with Crippen LogP contribution >= 0.6 is 0 Å². The van der Waals surface area contributed by atoms with Gasteiger partial charge in [-0.1, -0.05) is 30.3 Å². The molecule has 1 aliphatic rings. The first-order chi connectivity index (χ1) is 13.4. The number of benzene rings is 2. The van der Waals surface area contributed by atoms with Crippen molar-refractivity contribution in [2.24, 2.45) is 5.14 Å². The number of nitrogens with two attached hydrogens (primary N) is 1. The molecule has 1 fully saturated rings. The van der Waals surface area contributed by atoms with E-state index in [0.29, 0.717) is 18.7 Å². The lowest BCUT2D eigenvalue weighted by molar-refractivity contribution is -0.142. The van der Waals surface area contributed by atoms with Gasteiger partial charge in [0.25, 0.3) is 5.91 Å². The number of sulfonamides is 1. The van der Waals surface area contributed by atoms with Crippen LogP contribution in [0.25, 0.3) is 0 Å². The summed E-state index contributed by atoms with van der Waals surface area (Å²) in [5.74, 6) is -0.958. The molecule has 1 saturated heterocycles. The number of amides is 1. The highest BCUT2D eigenvalue weighted by molar-refractivity contribution is 7.89. The van der Waals surface area contributed by atoms with Gasteiger partial charge in [-0.25, -0.2) is 18.4 Å². The summed E-state index contributed by atoms with van der Waals surface area (Å²) in [4.78, 5) is 27.2. The van der Waals surface area contributed by atoms with Crippen LogP contribution in [-0.2, 0) is 19.6 Å². The highest BCUT2D eigenvalue weighted by Gasteiger charge is 2.30. The van der Waals surface area contributed by atoms with E-state index < -0.39 is 22.1 Å². The Bertz CT molecular complexity index is 936. The topological polar surface area (TPSA) is 107 Å². The van der Waals surface area contributed by atoms with E-state index in [2.05, 4.69) is 0 Å². The van der Waals surface area contributed by atoms with Crippen LogP contribution in [-0.4, -0.2) is 38.3 Å². The van der Waals surface area contributed by atoms with Crippen LogP contribution in [0.4, 0.5) is 0 Å². The summed E-state index contributed by atoms with van der Waals surface area (Å²) >= 11 is 0. The van der Waals surface area contributed by atoms with Crippen molar-refractivity contribution in [1.29, 1.82) is 0 Å². The third-order valence-electron chi connectivity index (χ3n) is 4.64. The van der Waals surface area contributed by atoms with Crippen molar-refractivity contribution in [3.63, 3.8) is 0 Å².